The van der Waals surface area contributed by atoms with E-state index >= 15 is 0 Å². The second kappa shape index (κ2) is 3.20. The van der Waals surface area contributed by atoms with Gasteiger partial charge in [0.15, 0.2) is 0 Å². The Bertz CT molecular complexity index is 566. The highest BCUT2D eigenvalue weighted by Crippen LogP contribution is 2.65. The van der Waals surface area contributed by atoms with Gasteiger partial charge in [0.05, 0.1) is 5.38 Å². The summed E-state index contributed by atoms with van der Waals surface area (Å²) < 4.78 is 1.54. The zero-order valence-corrected chi connectivity index (χ0v) is 11.1. The molecular formula is C13H18N2O2S. The Morgan fingerprint density at radius 2 is 2.33 bits per heavy atom. The Kier molecular flexibility index (Phi) is 1.96. The Morgan fingerprint density at radius 3 is 2.94 bits per heavy atom. The van der Waals surface area contributed by atoms with Crippen LogP contribution in [0.3, 0.4) is 0 Å². The van der Waals surface area contributed by atoms with E-state index in [9.17, 15) is 9.90 Å². The van der Waals surface area contributed by atoms with Crippen LogP contribution >= 0.6 is 11.3 Å². The molecule has 0 spiro atoms. The van der Waals surface area contributed by atoms with Crippen molar-refractivity contribution in [3.8, 4) is 5.88 Å². The van der Waals surface area contributed by atoms with Crippen molar-refractivity contribution < 1.29 is 5.11 Å². The van der Waals surface area contributed by atoms with Gasteiger partial charge < -0.3 is 10.8 Å². The van der Waals surface area contributed by atoms with Gasteiger partial charge in [0.25, 0.3) is 0 Å². The summed E-state index contributed by atoms with van der Waals surface area (Å²) in [5.41, 5.74) is 6.72. The van der Waals surface area contributed by atoms with Crippen molar-refractivity contribution in [3.63, 3.8) is 0 Å². The van der Waals surface area contributed by atoms with Crippen molar-refractivity contribution >= 4 is 11.3 Å². The maximum Gasteiger partial charge on any atom is 0.309 e. The Morgan fingerprint density at radius 1 is 1.50 bits per heavy atom. The fourth-order valence-electron chi connectivity index (χ4n) is 5.13. The largest absolute Gasteiger partial charge is 0.494 e. The molecule has 1 aromatic rings. The maximum atomic E-state index is 11.7. The quantitative estimate of drug-likeness (QED) is 0.853. The van der Waals surface area contributed by atoms with Crippen LogP contribution in [0.1, 0.15) is 32.1 Å². The van der Waals surface area contributed by atoms with Crippen molar-refractivity contribution in [2.75, 3.05) is 0 Å². The van der Waals surface area contributed by atoms with Crippen LogP contribution in [0.15, 0.2) is 10.2 Å². The number of hydrogen-bond acceptors (Lipinski definition) is 4. The SMILES string of the molecule is NC12CC3CC1CC(Cn1c(O)csc1=O)(C3)C2. The minimum Gasteiger partial charge on any atom is -0.494 e. The van der Waals surface area contributed by atoms with Crippen molar-refractivity contribution in [2.45, 2.75) is 44.2 Å². The van der Waals surface area contributed by atoms with Gasteiger partial charge in [0.2, 0.25) is 5.88 Å². The summed E-state index contributed by atoms with van der Waals surface area (Å²) in [7, 11) is 0. The van der Waals surface area contributed by atoms with E-state index in [1.807, 2.05) is 0 Å². The molecule has 18 heavy (non-hydrogen) atoms. The van der Waals surface area contributed by atoms with E-state index in [2.05, 4.69) is 0 Å². The molecule has 0 aliphatic heterocycles. The van der Waals surface area contributed by atoms with E-state index in [1.54, 1.807) is 4.57 Å². The molecular weight excluding hydrogens is 248 g/mol. The lowest BCUT2D eigenvalue weighted by molar-refractivity contribution is 0.111. The zero-order valence-electron chi connectivity index (χ0n) is 10.3. The van der Waals surface area contributed by atoms with E-state index < -0.39 is 0 Å². The molecule has 98 valence electrons. The van der Waals surface area contributed by atoms with Gasteiger partial charge in [-0.15, -0.1) is 0 Å². The summed E-state index contributed by atoms with van der Waals surface area (Å²) in [6, 6.07) is 0. The normalized spacial score (nSPS) is 44.9. The van der Waals surface area contributed by atoms with Crippen LogP contribution in [0.25, 0.3) is 0 Å². The zero-order chi connectivity index (χ0) is 12.5. The van der Waals surface area contributed by atoms with Crippen LogP contribution in [-0.2, 0) is 6.54 Å². The highest BCUT2D eigenvalue weighted by atomic mass is 32.1. The number of hydrogen-bond donors (Lipinski definition) is 2. The molecule has 0 saturated heterocycles. The molecule has 4 bridgehead atoms. The summed E-state index contributed by atoms with van der Waals surface area (Å²) in [6.45, 7) is 0.660. The lowest BCUT2D eigenvalue weighted by atomic mass is 9.68. The first-order valence-corrected chi connectivity index (χ1v) is 7.54. The third-order valence-corrected chi connectivity index (χ3v) is 6.21. The Hall–Kier alpha value is -0.810. The molecule has 4 unspecified atom stereocenters. The van der Waals surface area contributed by atoms with E-state index in [1.165, 1.54) is 24.6 Å². The topological polar surface area (TPSA) is 68.2 Å². The summed E-state index contributed by atoms with van der Waals surface area (Å²) in [4.78, 5) is 11.7. The standard InChI is InChI=1S/C13H18N2O2S/c14-13-3-8-1-9(13)4-12(2-8,6-13)7-15-10(16)5-18-11(15)17/h5,8-9,16H,1-4,6-7,14H2. The summed E-state index contributed by atoms with van der Waals surface area (Å²) >= 11 is 1.08. The molecule has 4 aliphatic carbocycles. The van der Waals surface area contributed by atoms with Gasteiger partial charge in [-0.25, -0.2) is 0 Å². The highest BCUT2D eigenvalue weighted by molar-refractivity contribution is 7.07. The molecule has 1 aromatic heterocycles. The van der Waals surface area contributed by atoms with Crippen molar-refractivity contribution in [3.05, 3.63) is 15.0 Å². The van der Waals surface area contributed by atoms with Gasteiger partial charge in [-0.05, 0) is 49.4 Å². The second-order valence-electron chi connectivity index (χ2n) is 6.77. The molecule has 5 rings (SSSR count). The fraction of sp³-hybridized carbons (Fsp3) is 0.769. The smallest absolute Gasteiger partial charge is 0.309 e. The monoisotopic (exact) mass is 266 g/mol. The first-order valence-electron chi connectivity index (χ1n) is 6.66. The van der Waals surface area contributed by atoms with E-state index in [4.69, 9.17) is 5.73 Å². The molecule has 1 heterocycles. The number of nitrogens with zero attached hydrogens (tertiary/aromatic N) is 1. The molecule has 4 saturated carbocycles. The predicted octanol–water partition coefficient (Wildman–Crippen LogP) is 1.52. The third kappa shape index (κ3) is 1.32. The number of thiazole rings is 1. The highest BCUT2D eigenvalue weighted by Gasteiger charge is 2.62. The van der Waals surface area contributed by atoms with E-state index in [0.29, 0.717) is 12.5 Å². The summed E-state index contributed by atoms with van der Waals surface area (Å²) in [5.74, 6) is 1.51. The molecule has 4 atom stereocenters. The summed E-state index contributed by atoms with van der Waals surface area (Å²) in [6.07, 6.45) is 5.81. The lowest BCUT2D eigenvalue weighted by Crippen LogP contribution is -2.43. The molecule has 0 amide bonds. The fourth-order valence-corrected chi connectivity index (χ4v) is 5.75. The van der Waals surface area contributed by atoms with E-state index in [0.717, 1.165) is 30.1 Å². The number of nitrogens with two attached hydrogens (primary N) is 1. The van der Waals surface area contributed by atoms with Crippen LogP contribution in [0.5, 0.6) is 5.88 Å². The predicted molar refractivity (Wildman–Crippen MR) is 69.7 cm³/mol. The molecule has 4 aliphatic rings. The lowest BCUT2D eigenvalue weighted by Gasteiger charge is -2.40. The van der Waals surface area contributed by atoms with Crippen LogP contribution in [0.4, 0.5) is 0 Å². The van der Waals surface area contributed by atoms with Crippen LogP contribution < -0.4 is 10.6 Å². The first-order chi connectivity index (χ1) is 8.50. The maximum absolute atomic E-state index is 11.7. The summed E-state index contributed by atoms with van der Waals surface area (Å²) in [5, 5.41) is 11.3. The second-order valence-corrected chi connectivity index (χ2v) is 7.59. The van der Waals surface area contributed by atoms with Gasteiger partial charge in [-0.3, -0.25) is 9.36 Å². The van der Waals surface area contributed by atoms with Crippen LogP contribution in [0.2, 0.25) is 0 Å². The molecule has 0 radical (unpaired) electrons. The van der Waals surface area contributed by atoms with Gasteiger partial charge in [-0.2, -0.15) is 0 Å². The molecule has 5 heteroatoms. The van der Waals surface area contributed by atoms with Gasteiger partial charge in [0.1, 0.15) is 0 Å². The first kappa shape index (κ1) is 11.1. The van der Waals surface area contributed by atoms with Crippen LogP contribution in [0, 0.1) is 17.3 Å². The number of rotatable bonds is 2. The number of aromatic hydroxyl groups is 1. The minimum atomic E-state index is -0.0457. The molecule has 0 aromatic carbocycles. The number of aromatic nitrogens is 1. The molecule has 4 nitrogen and oxygen atoms in total. The average molecular weight is 266 g/mol. The minimum absolute atomic E-state index is 0.0260. The average Bonchev–Trinajstić information content (AvgIpc) is 2.77. The van der Waals surface area contributed by atoms with Crippen LogP contribution in [-0.4, -0.2) is 15.2 Å². The van der Waals surface area contributed by atoms with Gasteiger partial charge in [0, 0.05) is 12.1 Å². The Labute approximate surface area is 109 Å². The molecule has 4 fully saturated rings. The van der Waals surface area contributed by atoms with Gasteiger partial charge in [-0.1, -0.05) is 11.3 Å². The molecule has 3 N–H and O–H groups in total. The van der Waals surface area contributed by atoms with Crippen molar-refractivity contribution in [1.82, 2.24) is 4.57 Å². The van der Waals surface area contributed by atoms with Crippen molar-refractivity contribution in [2.24, 2.45) is 23.0 Å². The third-order valence-electron chi connectivity index (χ3n) is 5.46. The Balaban J connectivity index is 1.69. The van der Waals surface area contributed by atoms with E-state index in [-0.39, 0.29) is 21.7 Å². The van der Waals surface area contributed by atoms with Crippen molar-refractivity contribution in [1.29, 1.82) is 0 Å². The van der Waals surface area contributed by atoms with Gasteiger partial charge >= 0.3 is 4.87 Å².